The zero-order valence-electron chi connectivity index (χ0n) is 13.6. The molecule has 1 amide bonds. The number of nitrogens with zero attached hydrogens (tertiary/aromatic N) is 1. The summed E-state index contributed by atoms with van der Waals surface area (Å²) in [5.74, 6) is 0.799. The standard InChI is InChI=1S/C16H24N2O4S/c1-13-6-5-11-18(12-13)16(19)9-10-17-23(20,21)15-8-4-3-7-14(15)22-2/h3-4,7-8,13,17H,5-6,9-12H2,1-2H3/t13-/m0/s1. The number of nitrogens with one attached hydrogen (secondary N) is 1. The molecule has 1 saturated heterocycles. The second-order valence-electron chi connectivity index (χ2n) is 5.89. The highest BCUT2D eigenvalue weighted by molar-refractivity contribution is 7.89. The van der Waals surface area contributed by atoms with Crippen LogP contribution in [-0.2, 0) is 14.8 Å². The van der Waals surface area contributed by atoms with Crippen molar-refractivity contribution < 1.29 is 17.9 Å². The van der Waals surface area contributed by atoms with Gasteiger partial charge in [0.2, 0.25) is 15.9 Å². The van der Waals surface area contributed by atoms with E-state index in [9.17, 15) is 13.2 Å². The summed E-state index contributed by atoms with van der Waals surface area (Å²) >= 11 is 0. The molecule has 0 bridgehead atoms. The number of hydrogen-bond acceptors (Lipinski definition) is 4. The highest BCUT2D eigenvalue weighted by Gasteiger charge is 2.22. The lowest BCUT2D eigenvalue weighted by Crippen LogP contribution is -2.40. The predicted octanol–water partition coefficient (Wildman–Crippen LogP) is 1.62. The number of amides is 1. The van der Waals surface area contributed by atoms with E-state index in [-0.39, 0.29) is 29.5 Å². The smallest absolute Gasteiger partial charge is 0.244 e. The van der Waals surface area contributed by atoms with Crippen LogP contribution in [0.1, 0.15) is 26.2 Å². The molecule has 23 heavy (non-hydrogen) atoms. The predicted molar refractivity (Wildman–Crippen MR) is 87.8 cm³/mol. The normalized spacial score (nSPS) is 18.7. The molecule has 128 valence electrons. The number of hydrogen-bond donors (Lipinski definition) is 1. The van der Waals surface area contributed by atoms with Crippen LogP contribution in [0.5, 0.6) is 5.75 Å². The number of rotatable bonds is 6. The van der Waals surface area contributed by atoms with Gasteiger partial charge in [0.1, 0.15) is 10.6 Å². The highest BCUT2D eigenvalue weighted by Crippen LogP contribution is 2.22. The third kappa shape index (κ3) is 4.68. The molecule has 0 unspecified atom stereocenters. The van der Waals surface area contributed by atoms with Crippen LogP contribution in [0.15, 0.2) is 29.2 Å². The Hall–Kier alpha value is -1.60. The number of benzene rings is 1. The molecular formula is C16H24N2O4S. The van der Waals surface area contributed by atoms with Gasteiger partial charge in [0.25, 0.3) is 0 Å². The largest absolute Gasteiger partial charge is 0.495 e. The molecule has 2 rings (SSSR count). The van der Waals surface area contributed by atoms with Crippen molar-refractivity contribution in [2.24, 2.45) is 5.92 Å². The zero-order chi connectivity index (χ0) is 16.9. The fourth-order valence-electron chi connectivity index (χ4n) is 2.78. The second-order valence-corrected chi connectivity index (χ2v) is 7.62. The third-order valence-electron chi connectivity index (χ3n) is 4.00. The van der Waals surface area contributed by atoms with Crippen LogP contribution in [0, 0.1) is 5.92 Å². The number of carbonyl (C=O) groups excluding carboxylic acids is 1. The van der Waals surface area contributed by atoms with E-state index in [4.69, 9.17) is 4.74 Å². The summed E-state index contributed by atoms with van der Waals surface area (Å²) in [7, 11) is -2.26. The lowest BCUT2D eigenvalue weighted by molar-refractivity contribution is -0.132. The molecule has 0 aromatic heterocycles. The molecule has 0 saturated carbocycles. The summed E-state index contributed by atoms with van der Waals surface area (Å²) in [4.78, 5) is 14.1. The summed E-state index contributed by atoms with van der Waals surface area (Å²) in [6, 6.07) is 6.42. The molecule has 7 heteroatoms. The van der Waals surface area contributed by atoms with Crippen molar-refractivity contribution in [3.8, 4) is 5.75 Å². The topological polar surface area (TPSA) is 75.7 Å². The minimum atomic E-state index is -3.69. The van der Waals surface area contributed by atoms with Gasteiger partial charge in [-0.15, -0.1) is 0 Å². The number of likely N-dealkylation sites (tertiary alicyclic amines) is 1. The minimum Gasteiger partial charge on any atom is -0.495 e. The van der Waals surface area contributed by atoms with Crippen LogP contribution in [0.25, 0.3) is 0 Å². The van der Waals surface area contributed by atoms with Gasteiger partial charge in [0.05, 0.1) is 7.11 Å². The second kappa shape index (κ2) is 7.79. The third-order valence-corrected chi connectivity index (χ3v) is 5.50. The van der Waals surface area contributed by atoms with E-state index < -0.39 is 10.0 Å². The maximum absolute atomic E-state index is 12.3. The molecule has 1 aliphatic rings. The maximum Gasteiger partial charge on any atom is 0.244 e. The van der Waals surface area contributed by atoms with E-state index in [2.05, 4.69) is 11.6 Å². The van der Waals surface area contributed by atoms with Crippen LogP contribution in [0.4, 0.5) is 0 Å². The molecule has 0 spiro atoms. The monoisotopic (exact) mass is 340 g/mol. The quantitative estimate of drug-likeness (QED) is 0.854. The Morgan fingerprint density at radius 1 is 1.39 bits per heavy atom. The van der Waals surface area contributed by atoms with Gasteiger partial charge >= 0.3 is 0 Å². The van der Waals surface area contributed by atoms with Crippen molar-refractivity contribution in [3.05, 3.63) is 24.3 Å². The van der Waals surface area contributed by atoms with Gasteiger partial charge in [-0.3, -0.25) is 4.79 Å². The number of piperidine rings is 1. The van der Waals surface area contributed by atoms with Crippen LogP contribution in [0.3, 0.4) is 0 Å². The van der Waals surface area contributed by atoms with Crippen molar-refractivity contribution >= 4 is 15.9 Å². The molecule has 1 atom stereocenters. The summed E-state index contributed by atoms with van der Waals surface area (Å²) in [5.41, 5.74) is 0. The van der Waals surface area contributed by atoms with Crippen LogP contribution in [-0.4, -0.2) is 46.0 Å². The first-order valence-electron chi connectivity index (χ1n) is 7.84. The molecule has 1 aromatic carbocycles. The summed E-state index contributed by atoms with van der Waals surface area (Å²) in [6.07, 6.45) is 2.32. The van der Waals surface area contributed by atoms with Crippen molar-refractivity contribution in [3.63, 3.8) is 0 Å². The number of ether oxygens (including phenoxy) is 1. The maximum atomic E-state index is 12.3. The van der Waals surface area contributed by atoms with E-state index in [1.165, 1.54) is 13.2 Å². The van der Waals surface area contributed by atoms with Crippen molar-refractivity contribution in [1.29, 1.82) is 0 Å². The Labute approximate surface area is 137 Å². The molecule has 0 radical (unpaired) electrons. The van der Waals surface area contributed by atoms with E-state index in [0.717, 1.165) is 25.9 Å². The number of methoxy groups -OCH3 is 1. The fourth-order valence-corrected chi connectivity index (χ4v) is 3.99. The molecule has 1 N–H and O–H groups in total. The van der Waals surface area contributed by atoms with Crippen LogP contribution in [0.2, 0.25) is 0 Å². The Morgan fingerprint density at radius 2 is 2.13 bits per heavy atom. The van der Waals surface area contributed by atoms with E-state index in [0.29, 0.717) is 5.92 Å². The molecule has 1 aliphatic heterocycles. The van der Waals surface area contributed by atoms with Gasteiger partial charge in [0, 0.05) is 26.1 Å². The lowest BCUT2D eigenvalue weighted by atomic mass is 10.0. The molecule has 6 nitrogen and oxygen atoms in total. The van der Waals surface area contributed by atoms with Gasteiger partial charge in [-0.1, -0.05) is 19.1 Å². The Balaban J connectivity index is 1.91. The SMILES string of the molecule is COc1ccccc1S(=O)(=O)NCCC(=O)N1CCC[C@H](C)C1. The van der Waals surface area contributed by atoms with Gasteiger partial charge in [-0.2, -0.15) is 0 Å². The molecule has 1 aromatic rings. The summed E-state index contributed by atoms with van der Waals surface area (Å²) in [5, 5.41) is 0. The average molecular weight is 340 g/mol. The van der Waals surface area contributed by atoms with Crippen molar-refractivity contribution in [2.45, 2.75) is 31.1 Å². The van der Waals surface area contributed by atoms with Gasteiger partial charge in [-0.25, -0.2) is 13.1 Å². The molecule has 1 fully saturated rings. The van der Waals surface area contributed by atoms with Gasteiger partial charge < -0.3 is 9.64 Å². The number of carbonyl (C=O) groups is 1. The van der Waals surface area contributed by atoms with E-state index in [1.807, 2.05) is 4.90 Å². The first-order chi connectivity index (χ1) is 10.9. The Bertz CT molecular complexity index is 645. The van der Waals surface area contributed by atoms with E-state index in [1.54, 1.807) is 18.2 Å². The van der Waals surface area contributed by atoms with Crippen molar-refractivity contribution in [1.82, 2.24) is 9.62 Å². The molecular weight excluding hydrogens is 316 g/mol. The first kappa shape index (κ1) is 17.7. The van der Waals surface area contributed by atoms with E-state index >= 15 is 0 Å². The first-order valence-corrected chi connectivity index (χ1v) is 9.33. The fraction of sp³-hybridized carbons (Fsp3) is 0.562. The number of sulfonamides is 1. The van der Waals surface area contributed by atoms with Crippen LogP contribution >= 0.6 is 0 Å². The highest BCUT2D eigenvalue weighted by atomic mass is 32.2. The Kier molecular flexibility index (Phi) is 6.01. The van der Waals surface area contributed by atoms with Gasteiger partial charge in [0.15, 0.2) is 0 Å². The Morgan fingerprint density at radius 3 is 2.83 bits per heavy atom. The van der Waals surface area contributed by atoms with Gasteiger partial charge in [-0.05, 0) is 30.9 Å². The summed E-state index contributed by atoms with van der Waals surface area (Å²) in [6.45, 7) is 3.74. The molecule has 1 heterocycles. The van der Waals surface area contributed by atoms with Crippen molar-refractivity contribution in [2.75, 3.05) is 26.7 Å². The van der Waals surface area contributed by atoms with Crippen LogP contribution < -0.4 is 9.46 Å². The lowest BCUT2D eigenvalue weighted by Gasteiger charge is -2.31. The number of para-hydroxylation sites is 1. The minimum absolute atomic E-state index is 0.000670. The summed E-state index contributed by atoms with van der Waals surface area (Å²) < 4.78 is 32.2. The zero-order valence-corrected chi connectivity index (χ0v) is 14.4. The average Bonchev–Trinajstić information content (AvgIpc) is 2.54. The molecule has 0 aliphatic carbocycles.